The van der Waals surface area contributed by atoms with Gasteiger partial charge in [-0.3, -0.25) is 9.59 Å². The van der Waals surface area contributed by atoms with Crippen molar-refractivity contribution in [1.82, 2.24) is 14.7 Å². The number of carbonyl (C=O) groups excluding carboxylic acids is 2. The smallest absolute Gasteiger partial charge is 0.253 e. The van der Waals surface area contributed by atoms with Gasteiger partial charge in [0.1, 0.15) is 0 Å². The van der Waals surface area contributed by atoms with Gasteiger partial charge in [0, 0.05) is 43.7 Å². The average molecular weight is 398 g/mol. The molecule has 2 amide bonds. The molecule has 0 spiro atoms. The van der Waals surface area contributed by atoms with Crippen molar-refractivity contribution in [3.8, 4) is 0 Å². The molecule has 3 saturated heterocycles. The molecule has 3 aliphatic heterocycles. The van der Waals surface area contributed by atoms with Gasteiger partial charge in [-0.1, -0.05) is 17.7 Å². The molecule has 158 valence electrons. The minimum Gasteiger partial charge on any atom is -0.342 e. The van der Waals surface area contributed by atoms with E-state index in [1.807, 2.05) is 36.1 Å². The highest BCUT2D eigenvalue weighted by Crippen LogP contribution is 2.26. The lowest BCUT2D eigenvalue weighted by Gasteiger charge is -2.42. The van der Waals surface area contributed by atoms with Crippen molar-refractivity contribution in [2.75, 3.05) is 39.3 Å². The van der Waals surface area contributed by atoms with E-state index < -0.39 is 0 Å². The van der Waals surface area contributed by atoms with Crippen LogP contribution in [0.15, 0.2) is 24.3 Å². The molecule has 3 aliphatic rings. The fraction of sp³-hybridized carbons (Fsp3) is 0.667. The lowest BCUT2D eigenvalue weighted by molar-refractivity contribution is -0.138. The number of benzene rings is 1. The number of rotatable bonds is 3. The molecule has 0 N–H and O–H groups in total. The minimum atomic E-state index is 0.161. The number of carbonyl (C=O) groups is 2. The van der Waals surface area contributed by atoms with Crippen molar-refractivity contribution in [2.24, 2.45) is 5.92 Å². The Morgan fingerprint density at radius 3 is 2.00 bits per heavy atom. The summed E-state index contributed by atoms with van der Waals surface area (Å²) in [5, 5.41) is 0. The number of nitrogens with zero attached hydrogens (tertiary/aromatic N) is 3. The first-order chi connectivity index (χ1) is 14.1. The summed E-state index contributed by atoms with van der Waals surface area (Å²) in [6.45, 7) is 7.71. The molecule has 0 radical (unpaired) electrons. The molecule has 3 fully saturated rings. The molecular weight excluding hydrogens is 362 g/mol. The van der Waals surface area contributed by atoms with Gasteiger partial charge in [-0.2, -0.15) is 0 Å². The zero-order valence-electron chi connectivity index (χ0n) is 17.8. The van der Waals surface area contributed by atoms with Crippen LogP contribution in [-0.2, 0) is 4.79 Å². The van der Waals surface area contributed by atoms with Crippen molar-refractivity contribution in [3.63, 3.8) is 0 Å². The Hall–Kier alpha value is -1.88. The summed E-state index contributed by atoms with van der Waals surface area (Å²) in [5.41, 5.74) is 1.98. The summed E-state index contributed by atoms with van der Waals surface area (Å²) in [6.07, 6.45) is 7.70. The van der Waals surface area contributed by atoms with Crippen LogP contribution in [0.2, 0.25) is 0 Å². The lowest BCUT2D eigenvalue weighted by atomic mass is 9.91. The van der Waals surface area contributed by atoms with E-state index in [9.17, 15) is 9.59 Å². The molecular formula is C24H35N3O2. The van der Waals surface area contributed by atoms with E-state index in [0.29, 0.717) is 11.9 Å². The van der Waals surface area contributed by atoms with Gasteiger partial charge in [-0.25, -0.2) is 0 Å². The molecule has 1 aromatic carbocycles. The Morgan fingerprint density at radius 2 is 1.38 bits per heavy atom. The van der Waals surface area contributed by atoms with E-state index in [2.05, 4.69) is 9.80 Å². The largest absolute Gasteiger partial charge is 0.342 e. The molecule has 29 heavy (non-hydrogen) atoms. The van der Waals surface area contributed by atoms with E-state index in [1.54, 1.807) is 0 Å². The zero-order valence-corrected chi connectivity index (χ0v) is 17.8. The average Bonchev–Trinajstić information content (AvgIpc) is 2.79. The van der Waals surface area contributed by atoms with Crippen LogP contribution in [0.3, 0.4) is 0 Å². The monoisotopic (exact) mass is 397 g/mol. The second kappa shape index (κ2) is 9.29. The molecule has 3 heterocycles. The van der Waals surface area contributed by atoms with Crippen LogP contribution in [0.5, 0.6) is 0 Å². The number of likely N-dealkylation sites (tertiary alicyclic amines) is 3. The first-order valence-electron chi connectivity index (χ1n) is 11.5. The molecule has 5 heteroatoms. The number of hydrogen-bond acceptors (Lipinski definition) is 3. The fourth-order valence-electron chi connectivity index (χ4n) is 5.20. The van der Waals surface area contributed by atoms with Crippen LogP contribution in [0.4, 0.5) is 0 Å². The third-order valence-corrected chi connectivity index (χ3v) is 7.11. The summed E-state index contributed by atoms with van der Waals surface area (Å²) in [5.74, 6) is 0.796. The summed E-state index contributed by atoms with van der Waals surface area (Å²) < 4.78 is 0. The third-order valence-electron chi connectivity index (χ3n) is 7.11. The molecule has 5 nitrogen and oxygen atoms in total. The van der Waals surface area contributed by atoms with Crippen LogP contribution in [-0.4, -0.2) is 71.8 Å². The van der Waals surface area contributed by atoms with E-state index in [0.717, 1.165) is 70.5 Å². The minimum absolute atomic E-state index is 0.161. The maximum Gasteiger partial charge on any atom is 0.253 e. The van der Waals surface area contributed by atoms with Crippen LogP contribution in [0.1, 0.15) is 60.9 Å². The highest BCUT2D eigenvalue weighted by molar-refractivity contribution is 5.94. The fourth-order valence-corrected chi connectivity index (χ4v) is 5.20. The molecule has 0 bridgehead atoms. The molecule has 0 unspecified atom stereocenters. The van der Waals surface area contributed by atoms with Gasteiger partial charge in [-0.05, 0) is 77.1 Å². The number of piperidine rings is 3. The Kier molecular flexibility index (Phi) is 6.53. The van der Waals surface area contributed by atoms with Crippen molar-refractivity contribution >= 4 is 11.8 Å². The SMILES string of the molecule is Cc1ccc(C(=O)N2CCC(N3CCC(C(=O)N4CCCCC4)CC3)CC2)cc1. The third kappa shape index (κ3) is 4.82. The number of aryl methyl sites for hydroxylation is 1. The second-order valence-corrected chi connectivity index (χ2v) is 9.09. The van der Waals surface area contributed by atoms with E-state index in [4.69, 9.17) is 0 Å². The summed E-state index contributed by atoms with van der Waals surface area (Å²) in [4.78, 5) is 32.2. The number of hydrogen-bond donors (Lipinski definition) is 0. The van der Waals surface area contributed by atoms with E-state index >= 15 is 0 Å². The van der Waals surface area contributed by atoms with E-state index in [-0.39, 0.29) is 11.8 Å². The van der Waals surface area contributed by atoms with Gasteiger partial charge in [0.15, 0.2) is 0 Å². The molecule has 0 saturated carbocycles. The Balaban J connectivity index is 1.23. The topological polar surface area (TPSA) is 43.9 Å². The van der Waals surface area contributed by atoms with E-state index in [1.165, 1.54) is 24.8 Å². The number of amides is 2. The van der Waals surface area contributed by atoms with Crippen LogP contribution in [0.25, 0.3) is 0 Å². The maximum atomic E-state index is 12.8. The summed E-state index contributed by atoms with van der Waals surface area (Å²) in [7, 11) is 0. The van der Waals surface area contributed by atoms with Crippen LogP contribution < -0.4 is 0 Å². The highest BCUT2D eigenvalue weighted by Gasteiger charge is 2.33. The van der Waals surface area contributed by atoms with Gasteiger partial charge in [0.05, 0.1) is 0 Å². The molecule has 4 rings (SSSR count). The summed E-state index contributed by atoms with van der Waals surface area (Å²) in [6, 6.07) is 8.45. The Labute approximate surface area is 175 Å². The van der Waals surface area contributed by atoms with Gasteiger partial charge < -0.3 is 14.7 Å². The highest BCUT2D eigenvalue weighted by atomic mass is 16.2. The first kappa shape index (κ1) is 20.4. The van der Waals surface area contributed by atoms with Crippen LogP contribution >= 0.6 is 0 Å². The molecule has 0 aromatic heterocycles. The van der Waals surface area contributed by atoms with Gasteiger partial charge in [0.25, 0.3) is 5.91 Å². The standard InChI is InChI=1S/C24H35N3O2/c1-19-5-7-20(8-6-19)23(28)27-17-11-22(12-18-27)25-15-9-21(10-16-25)24(29)26-13-3-2-4-14-26/h5-8,21-22H,2-4,9-18H2,1H3. The predicted molar refractivity (Wildman–Crippen MR) is 115 cm³/mol. The predicted octanol–water partition coefficient (Wildman–Crippen LogP) is 3.32. The Bertz CT molecular complexity index is 695. The van der Waals surface area contributed by atoms with Gasteiger partial charge in [0.2, 0.25) is 5.91 Å². The quantitative estimate of drug-likeness (QED) is 0.786. The molecule has 0 aliphatic carbocycles. The van der Waals surface area contributed by atoms with Crippen molar-refractivity contribution in [3.05, 3.63) is 35.4 Å². The van der Waals surface area contributed by atoms with Crippen molar-refractivity contribution < 1.29 is 9.59 Å². The summed E-state index contributed by atoms with van der Waals surface area (Å²) >= 11 is 0. The van der Waals surface area contributed by atoms with Crippen molar-refractivity contribution in [1.29, 1.82) is 0 Å². The normalized spacial score (nSPS) is 22.7. The zero-order chi connectivity index (χ0) is 20.2. The lowest BCUT2D eigenvalue weighted by Crippen LogP contribution is -2.50. The first-order valence-corrected chi connectivity index (χ1v) is 11.5. The molecule has 1 aromatic rings. The van der Waals surface area contributed by atoms with Crippen molar-refractivity contribution in [2.45, 2.75) is 57.9 Å². The van der Waals surface area contributed by atoms with Gasteiger partial charge in [-0.15, -0.1) is 0 Å². The second-order valence-electron chi connectivity index (χ2n) is 9.09. The Morgan fingerprint density at radius 1 is 0.759 bits per heavy atom. The molecule has 0 atom stereocenters. The maximum absolute atomic E-state index is 12.8. The van der Waals surface area contributed by atoms with Crippen LogP contribution in [0, 0.1) is 12.8 Å². The van der Waals surface area contributed by atoms with Gasteiger partial charge >= 0.3 is 0 Å².